The highest BCUT2D eigenvalue weighted by atomic mass is 35.5. The maximum atomic E-state index is 13.1. The molecule has 0 aliphatic carbocycles. The van der Waals surface area contributed by atoms with Gasteiger partial charge in [0.05, 0.1) is 15.3 Å². The Balaban J connectivity index is 1.72. The van der Waals surface area contributed by atoms with Crippen LogP contribution < -0.4 is 10.2 Å². The first-order valence-electron chi connectivity index (χ1n) is 9.22. The number of nitrogens with zero attached hydrogens (tertiary/aromatic N) is 4. The Labute approximate surface area is 173 Å². The van der Waals surface area contributed by atoms with Gasteiger partial charge in [-0.2, -0.15) is 0 Å². The molecule has 1 aliphatic heterocycles. The number of hydrogen-bond acceptors (Lipinski definition) is 6. The fraction of sp³-hybridized carbons (Fsp3) is 0.316. The number of benzene rings is 1. The molecule has 3 heterocycles. The second kappa shape index (κ2) is 7.64. The van der Waals surface area contributed by atoms with E-state index < -0.39 is 10.0 Å². The zero-order chi connectivity index (χ0) is 20.6. The van der Waals surface area contributed by atoms with Crippen LogP contribution in [0.3, 0.4) is 0 Å². The van der Waals surface area contributed by atoms with E-state index in [2.05, 4.69) is 15.3 Å². The average Bonchev–Trinajstić information content (AvgIpc) is 3.07. The van der Waals surface area contributed by atoms with E-state index in [1.54, 1.807) is 18.2 Å². The molecular weight excluding hydrogens is 414 g/mol. The third kappa shape index (κ3) is 3.67. The molecule has 29 heavy (non-hydrogen) atoms. The summed E-state index contributed by atoms with van der Waals surface area (Å²) in [7, 11) is -3.84. The average molecular weight is 434 g/mol. The summed E-state index contributed by atoms with van der Waals surface area (Å²) in [4.78, 5) is 22.1. The Morgan fingerprint density at radius 1 is 1.17 bits per heavy atom. The Morgan fingerprint density at radius 3 is 2.52 bits per heavy atom. The maximum Gasteiger partial charge on any atom is 0.269 e. The fourth-order valence-corrected chi connectivity index (χ4v) is 5.29. The summed E-state index contributed by atoms with van der Waals surface area (Å²) in [5.74, 6) is 0.558. The minimum absolute atomic E-state index is 0.0425. The van der Waals surface area contributed by atoms with E-state index >= 15 is 0 Å². The summed E-state index contributed by atoms with van der Waals surface area (Å²) in [6, 6.07) is 8.28. The Morgan fingerprint density at radius 2 is 1.86 bits per heavy atom. The SMILES string of the molecule is CC(=O)NC1CCN(c2ncnc3c2c(Cl)cn3S(=O)(=O)c2ccccc2)CC1. The molecule has 0 atom stereocenters. The zero-order valence-corrected chi connectivity index (χ0v) is 17.3. The summed E-state index contributed by atoms with van der Waals surface area (Å²) in [6.45, 7) is 2.85. The largest absolute Gasteiger partial charge is 0.356 e. The molecule has 1 amide bonds. The number of amides is 1. The molecule has 2 aromatic heterocycles. The molecule has 0 spiro atoms. The standard InChI is InChI=1S/C19H20ClN5O3S/c1-13(26)23-14-7-9-24(10-8-14)18-17-16(20)11-25(19(17)22-12-21-18)29(27,28)15-5-3-2-4-6-15/h2-6,11-12,14H,7-10H2,1H3,(H,23,26). The minimum Gasteiger partial charge on any atom is -0.356 e. The molecule has 10 heteroatoms. The molecule has 3 aromatic rings. The Hall–Kier alpha value is -2.65. The van der Waals surface area contributed by atoms with Crippen LogP contribution >= 0.6 is 11.6 Å². The van der Waals surface area contributed by atoms with E-state index in [1.807, 2.05) is 4.90 Å². The van der Waals surface area contributed by atoms with Crippen LogP contribution in [0.2, 0.25) is 5.02 Å². The van der Waals surface area contributed by atoms with Gasteiger partial charge in [-0.05, 0) is 25.0 Å². The number of carbonyl (C=O) groups excluding carboxylic acids is 1. The third-order valence-corrected chi connectivity index (χ3v) is 6.94. The van der Waals surface area contributed by atoms with Gasteiger partial charge >= 0.3 is 0 Å². The number of carbonyl (C=O) groups is 1. The van der Waals surface area contributed by atoms with Crippen LogP contribution in [0.5, 0.6) is 0 Å². The van der Waals surface area contributed by atoms with Crippen molar-refractivity contribution in [2.24, 2.45) is 0 Å². The number of nitrogens with one attached hydrogen (secondary N) is 1. The number of hydrogen-bond donors (Lipinski definition) is 1. The lowest BCUT2D eigenvalue weighted by atomic mass is 10.0. The van der Waals surface area contributed by atoms with Crippen molar-refractivity contribution in [1.29, 1.82) is 0 Å². The third-order valence-electron chi connectivity index (χ3n) is 4.99. The van der Waals surface area contributed by atoms with Crippen molar-refractivity contribution in [3.8, 4) is 0 Å². The quantitative estimate of drug-likeness (QED) is 0.678. The molecule has 0 unspecified atom stereocenters. The van der Waals surface area contributed by atoms with E-state index in [1.165, 1.54) is 31.6 Å². The minimum atomic E-state index is -3.84. The summed E-state index contributed by atoms with van der Waals surface area (Å²) < 4.78 is 27.3. The Kier molecular flexibility index (Phi) is 5.18. The van der Waals surface area contributed by atoms with Crippen molar-refractivity contribution >= 4 is 44.4 Å². The molecule has 152 valence electrons. The molecule has 4 rings (SSSR count). The van der Waals surface area contributed by atoms with Crippen LogP contribution in [-0.2, 0) is 14.8 Å². The van der Waals surface area contributed by atoms with Crippen LogP contribution in [0.15, 0.2) is 47.8 Å². The van der Waals surface area contributed by atoms with E-state index in [0.717, 1.165) is 16.8 Å². The number of fused-ring (bicyclic) bond motifs is 1. The highest BCUT2D eigenvalue weighted by Crippen LogP contribution is 2.34. The molecular formula is C19H20ClN5O3S. The number of aromatic nitrogens is 3. The van der Waals surface area contributed by atoms with E-state index in [4.69, 9.17) is 11.6 Å². The van der Waals surface area contributed by atoms with Crippen LogP contribution in [0.4, 0.5) is 5.82 Å². The first-order valence-corrected chi connectivity index (χ1v) is 11.0. The van der Waals surface area contributed by atoms with Crippen LogP contribution in [0, 0.1) is 0 Å². The highest BCUT2D eigenvalue weighted by Gasteiger charge is 2.27. The predicted molar refractivity (Wildman–Crippen MR) is 111 cm³/mol. The van der Waals surface area contributed by atoms with Crippen LogP contribution in [0.25, 0.3) is 11.0 Å². The van der Waals surface area contributed by atoms with Crippen molar-refractivity contribution < 1.29 is 13.2 Å². The number of anilines is 1. The second-order valence-electron chi connectivity index (χ2n) is 6.95. The molecule has 1 aromatic carbocycles. The van der Waals surface area contributed by atoms with Gasteiger partial charge in [-0.1, -0.05) is 29.8 Å². The lowest BCUT2D eigenvalue weighted by molar-refractivity contribution is -0.119. The van der Waals surface area contributed by atoms with Gasteiger partial charge < -0.3 is 10.2 Å². The van der Waals surface area contributed by atoms with Gasteiger partial charge in [0.25, 0.3) is 10.0 Å². The summed E-state index contributed by atoms with van der Waals surface area (Å²) in [5, 5.41) is 3.72. The number of piperidine rings is 1. The molecule has 0 bridgehead atoms. The van der Waals surface area contributed by atoms with E-state index in [-0.39, 0.29) is 27.5 Å². The summed E-state index contributed by atoms with van der Waals surface area (Å²) in [6.07, 6.45) is 4.26. The van der Waals surface area contributed by atoms with Crippen molar-refractivity contribution in [1.82, 2.24) is 19.3 Å². The van der Waals surface area contributed by atoms with Gasteiger partial charge in [0.1, 0.15) is 12.1 Å². The smallest absolute Gasteiger partial charge is 0.269 e. The van der Waals surface area contributed by atoms with Crippen LogP contribution in [-0.4, -0.2) is 47.4 Å². The van der Waals surface area contributed by atoms with Crippen molar-refractivity contribution in [2.45, 2.75) is 30.7 Å². The van der Waals surface area contributed by atoms with Crippen LogP contribution in [0.1, 0.15) is 19.8 Å². The second-order valence-corrected chi connectivity index (χ2v) is 9.17. The predicted octanol–water partition coefficient (Wildman–Crippen LogP) is 2.43. The summed E-state index contributed by atoms with van der Waals surface area (Å²) in [5.41, 5.74) is 0.243. The van der Waals surface area contributed by atoms with Gasteiger partial charge in [-0.15, -0.1) is 0 Å². The monoisotopic (exact) mass is 433 g/mol. The molecule has 1 saturated heterocycles. The number of halogens is 1. The molecule has 1 aliphatic rings. The lowest BCUT2D eigenvalue weighted by Crippen LogP contribution is -2.44. The molecule has 0 radical (unpaired) electrons. The zero-order valence-electron chi connectivity index (χ0n) is 15.7. The van der Waals surface area contributed by atoms with E-state index in [0.29, 0.717) is 24.3 Å². The normalized spacial score (nSPS) is 15.6. The van der Waals surface area contributed by atoms with Crippen molar-refractivity contribution in [3.05, 3.63) is 47.9 Å². The van der Waals surface area contributed by atoms with E-state index in [9.17, 15) is 13.2 Å². The van der Waals surface area contributed by atoms with Crippen molar-refractivity contribution in [3.63, 3.8) is 0 Å². The van der Waals surface area contributed by atoms with Gasteiger partial charge in [-0.3, -0.25) is 4.79 Å². The topological polar surface area (TPSA) is 97.2 Å². The molecule has 8 nitrogen and oxygen atoms in total. The molecule has 0 saturated carbocycles. The molecule has 1 N–H and O–H groups in total. The first kappa shape index (κ1) is 19.7. The molecule has 1 fully saturated rings. The maximum absolute atomic E-state index is 13.1. The van der Waals surface area contributed by atoms with Gasteiger partial charge in [-0.25, -0.2) is 22.4 Å². The highest BCUT2D eigenvalue weighted by molar-refractivity contribution is 7.90. The van der Waals surface area contributed by atoms with Gasteiger partial charge in [0, 0.05) is 32.3 Å². The Bertz CT molecular complexity index is 1160. The summed E-state index contributed by atoms with van der Waals surface area (Å²) >= 11 is 6.44. The van der Waals surface area contributed by atoms with Gasteiger partial charge in [0.2, 0.25) is 5.91 Å². The van der Waals surface area contributed by atoms with Crippen molar-refractivity contribution in [2.75, 3.05) is 18.0 Å². The fourth-order valence-electron chi connectivity index (χ4n) is 3.63. The number of rotatable bonds is 4. The first-order chi connectivity index (χ1) is 13.9. The van der Waals surface area contributed by atoms with Gasteiger partial charge in [0.15, 0.2) is 5.65 Å². The lowest BCUT2D eigenvalue weighted by Gasteiger charge is -2.33.